The number of nitrogens with zero attached hydrogens (tertiary/aromatic N) is 1. The van der Waals surface area contributed by atoms with Gasteiger partial charge in [0, 0.05) is 31.8 Å². The van der Waals surface area contributed by atoms with Crippen molar-refractivity contribution < 1.29 is 9.47 Å². The molecule has 122 valence electrons. The minimum absolute atomic E-state index is 0.301. The van der Waals surface area contributed by atoms with Gasteiger partial charge >= 0.3 is 0 Å². The van der Waals surface area contributed by atoms with Crippen molar-refractivity contribution in [2.45, 2.75) is 25.4 Å². The Labute approximate surface area is 137 Å². The van der Waals surface area contributed by atoms with Crippen LogP contribution in [0.3, 0.4) is 0 Å². The van der Waals surface area contributed by atoms with Gasteiger partial charge in [-0.1, -0.05) is 17.7 Å². The highest BCUT2D eigenvalue weighted by atomic mass is 35.5. The van der Waals surface area contributed by atoms with Gasteiger partial charge in [-0.3, -0.25) is 4.99 Å². The lowest BCUT2D eigenvalue weighted by atomic mass is 10.1. The van der Waals surface area contributed by atoms with Crippen molar-refractivity contribution in [3.8, 4) is 5.75 Å². The second-order valence-electron chi connectivity index (χ2n) is 5.22. The van der Waals surface area contributed by atoms with Crippen molar-refractivity contribution in [1.29, 1.82) is 0 Å². The summed E-state index contributed by atoms with van der Waals surface area (Å²) >= 11 is 6.23. The largest absolute Gasteiger partial charge is 0.497 e. The standard InChI is InChI=1S/C16H24ClN3O2/c1-18-16(20-11-14-4-3-9-22-14)19-8-7-12-5-6-13(21-2)10-15(12)17/h5-6,10,14H,3-4,7-9,11H2,1-2H3,(H2,18,19,20). The molecule has 6 heteroatoms. The lowest BCUT2D eigenvalue weighted by Gasteiger charge is -2.15. The molecule has 0 aliphatic carbocycles. The van der Waals surface area contributed by atoms with Gasteiger partial charge in [-0.15, -0.1) is 0 Å². The van der Waals surface area contributed by atoms with Gasteiger partial charge in [0.05, 0.1) is 13.2 Å². The average Bonchev–Trinajstić information content (AvgIpc) is 3.05. The topological polar surface area (TPSA) is 54.9 Å². The second kappa shape index (κ2) is 8.86. The quantitative estimate of drug-likeness (QED) is 0.622. The molecule has 2 rings (SSSR count). The van der Waals surface area contributed by atoms with Crippen LogP contribution in [-0.4, -0.2) is 45.9 Å². The van der Waals surface area contributed by atoms with Gasteiger partial charge in [0.2, 0.25) is 0 Å². The molecule has 2 N–H and O–H groups in total. The van der Waals surface area contributed by atoms with Crippen LogP contribution < -0.4 is 15.4 Å². The molecule has 0 radical (unpaired) electrons. The van der Waals surface area contributed by atoms with Gasteiger partial charge in [0.15, 0.2) is 5.96 Å². The minimum atomic E-state index is 0.301. The zero-order chi connectivity index (χ0) is 15.8. The molecular weight excluding hydrogens is 302 g/mol. The van der Waals surface area contributed by atoms with Gasteiger partial charge < -0.3 is 20.1 Å². The van der Waals surface area contributed by atoms with Crippen molar-refractivity contribution in [1.82, 2.24) is 10.6 Å². The van der Waals surface area contributed by atoms with Gasteiger partial charge in [-0.2, -0.15) is 0 Å². The molecule has 1 saturated heterocycles. The first-order chi connectivity index (χ1) is 10.7. The summed E-state index contributed by atoms with van der Waals surface area (Å²) in [5.41, 5.74) is 1.09. The summed E-state index contributed by atoms with van der Waals surface area (Å²) in [6, 6.07) is 5.75. The summed E-state index contributed by atoms with van der Waals surface area (Å²) in [6.07, 6.45) is 3.39. The van der Waals surface area contributed by atoms with E-state index in [9.17, 15) is 0 Å². The molecule has 1 atom stereocenters. The van der Waals surface area contributed by atoms with Crippen LogP contribution in [0.1, 0.15) is 18.4 Å². The zero-order valence-electron chi connectivity index (χ0n) is 13.2. The third-order valence-electron chi connectivity index (χ3n) is 3.69. The number of guanidine groups is 1. The maximum absolute atomic E-state index is 6.23. The van der Waals surface area contributed by atoms with Gasteiger partial charge in [-0.05, 0) is 37.0 Å². The molecule has 1 unspecified atom stereocenters. The van der Waals surface area contributed by atoms with Crippen LogP contribution in [-0.2, 0) is 11.2 Å². The van der Waals surface area contributed by atoms with E-state index in [1.54, 1.807) is 14.2 Å². The van der Waals surface area contributed by atoms with Crippen molar-refractivity contribution in [3.63, 3.8) is 0 Å². The summed E-state index contributed by atoms with van der Waals surface area (Å²) in [6.45, 7) is 2.43. The third kappa shape index (κ3) is 5.07. The maximum Gasteiger partial charge on any atom is 0.191 e. The number of methoxy groups -OCH3 is 1. The predicted octanol–water partition coefficient (Wildman–Crippen LogP) is 2.24. The maximum atomic E-state index is 6.23. The molecular formula is C16H24ClN3O2. The van der Waals surface area contributed by atoms with E-state index in [0.29, 0.717) is 6.10 Å². The summed E-state index contributed by atoms with van der Waals surface area (Å²) in [5, 5.41) is 7.31. The Morgan fingerprint density at radius 3 is 2.95 bits per heavy atom. The number of hydrogen-bond donors (Lipinski definition) is 2. The smallest absolute Gasteiger partial charge is 0.191 e. The summed E-state index contributed by atoms with van der Waals surface area (Å²) in [4.78, 5) is 4.22. The minimum Gasteiger partial charge on any atom is -0.497 e. The number of ether oxygens (including phenoxy) is 2. The van der Waals surface area contributed by atoms with Crippen molar-refractivity contribution in [3.05, 3.63) is 28.8 Å². The molecule has 22 heavy (non-hydrogen) atoms. The van der Waals surface area contributed by atoms with Crippen LogP contribution in [0.25, 0.3) is 0 Å². The van der Waals surface area contributed by atoms with E-state index in [4.69, 9.17) is 21.1 Å². The Hall–Kier alpha value is -1.46. The Balaban J connectivity index is 1.74. The van der Waals surface area contributed by atoms with Crippen LogP contribution in [0.15, 0.2) is 23.2 Å². The molecule has 1 aromatic rings. The van der Waals surface area contributed by atoms with E-state index in [1.165, 1.54) is 0 Å². The highest BCUT2D eigenvalue weighted by molar-refractivity contribution is 6.31. The van der Waals surface area contributed by atoms with E-state index in [1.807, 2.05) is 18.2 Å². The summed E-state index contributed by atoms with van der Waals surface area (Å²) in [7, 11) is 3.40. The first kappa shape index (κ1) is 16.9. The molecule has 1 aromatic carbocycles. The Morgan fingerprint density at radius 2 is 2.32 bits per heavy atom. The Kier molecular flexibility index (Phi) is 6.80. The zero-order valence-corrected chi connectivity index (χ0v) is 13.9. The van der Waals surface area contributed by atoms with Gasteiger partial charge in [0.25, 0.3) is 0 Å². The lowest BCUT2D eigenvalue weighted by Crippen LogP contribution is -2.41. The Morgan fingerprint density at radius 1 is 1.45 bits per heavy atom. The number of rotatable bonds is 6. The van der Waals surface area contributed by atoms with Crippen LogP contribution in [0, 0.1) is 0 Å². The number of hydrogen-bond acceptors (Lipinski definition) is 3. The molecule has 0 spiro atoms. The number of benzene rings is 1. The van der Waals surface area contributed by atoms with Crippen LogP contribution in [0.2, 0.25) is 5.02 Å². The highest BCUT2D eigenvalue weighted by Crippen LogP contribution is 2.22. The van der Waals surface area contributed by atoms with E-state index in [-0.39, 0.29) is 0 Å². The first-order valence-corrected chi connectivity index (χ1v) is 7.99. The fourth-order valence-electron chi connectivity index (χ4n) is 2.41. The lowest BCUT2D eigenvalue weighted by molar-refractivity contribution is 0.114. The Bertz CT molecular complexity index is 502. The average molecular weight is 326 g/mol. The molecule has 1 heterocycles. The van der Waals surface area contributed by atoms with Gasteiger partial charge in [-0.25, -0.2) is 0 Å². The van der Waals surface area contributed by atoms with Crippen molar-refractivity contribution in [2.75, 3.05) is 33.9 Å². The SMILES string of the molecule is CN=C(NCCc1ccc(OC)cc1Cl)NCC1CCCO1. The number of halogens is 1. The molecule has 0 saturated carbocycles. The van der Waals surface area contributed by atoms with E-state index >= 15 is 0 Å². The summed E-state index contributed by atoms with van der Waals surface area (Å²) in [5.74, 6) is 1.57. The fourth-order valence-corrected chi connectivity index (χ4v) is 2.67. The second-order valence-corrected chi connectivity index (χ2v) is 5.63. The van der Waals surface area contributed by atoms with Crippen molar-refractivity contribution in [2.24, 2.45) is 4.99 Å². The van der Waals surface area contributed by atoms with E-state index < -0.39 is 0 Å². The highest BCUT2D eigenvalue weighted by Gasteiger charge is 2.15. The van der Waals surface area contributed by atoms with E-state index in [0.717, 1.165) is 61.3 Å². The number of nitrogens with one attached hydrogen (secondary N) is 2. The predicted molar refractivity (Wildman–Crippen MR) is 90.0 cm³/mol. The van der Waals surface area contributed by atoms with Crippen LogP contribution in [0.4, 0.5) is 0 Å². The molecule has 0 aromatic heterocycles. The molecule has 1 fully saturated rings. The number of aliphatic imine (C=N–C) groups is 1. The van der Waals surface area contributed by atoms with Crippen LogP contribution in [0.5, 0.6) is 5.75 Å². The fraction of sp³-hybridized carbons (Fsp3) is 0.562. The van der Waals surface area contributed by atoms with Gasteiger partial charge in [0.1, 0.15) is 5.75 Å². The third-order valence-corrected chi connectivity index (χ3v) is 4.04. The van der Waals surface area contributed by atoms with Crippen molar-refractivity contribution >= 4 is 17.6 Å². The molecule has 0 amide bonds. The van der Waals surface area contributed by atoms with E-state index in [2.05, 4.69) is 15.6 Å². The molecule has 1 aliphatic rings. The normalized spacial score (nSPS) is 18.3. The first-order valence-electron chi connectivity index (χ1n) is 7.61. The molecule has 5 nitrogen and oxygen atoms in total. The molecule has 1 aliphatic heterocycles. The monoisotopic (exact) mass is 325 g/mol. The van der Waals surface area contributed by atoms with Crippen LogP contribution >= 0.6 is 11.6 Å². The summed E-state index contributed by atoms with van der Waals surface area (Å²) < 4.78 is 10.7. The molecule has 0 bridgehead atoms.